The molecule has 0 amide bonds. The fourth-order valence-electron chi connectivity index (χ4n) is 2.74. The Hall–Kier alpha value is -1.59. The molecule has 0 spiro atoms. The Kier molecular flexibility index (Phi) is 6.86. The Bertz CT molecular complexity index is 477. The topological polar surface area (TPSA) is 34.1 Å². The molecule has 1 heterocycles. The molecule has 0 saturated carbocycles. The molecule has 2 rings (SSSR count). The zero-order valence-corrected chi connectivity index (χ0v) is 15.0. The maximum Gasteiger partial charge on any atom is 0.193 e. The molecule has 0 radical (unpaired) electrons. The van der Waals surface area contributed by atoms with Gasteiger partial charge < -0.3 is 15.1 Å². The van der Waals surface area contributed by atoms with Crippen LogP contribution in [0.15, 0.2) is 35.3 Å². The van der Waals surface area contributed by atoms with Gasteiger partial charge in [0.15, 0.2) is 5.96 Å². The molecular formula is C18H31N5. The number of hydrogen-bond donors (Lipinski definition) is 1. The Balaban J connectivity index is 1.84. The Morgan fingerprint density at radius 1 is 1.17 bits per heavy atom. The standard InChI is InChI=1S/C18H31N5/c1-16(23-12-10-22(4)11-13-23)14-19-18(21(2)3)20-15-17-8-6-5-7-9-17/h5-9,16H,10-15H2,1-4H3,(H,19,20). The lowest BCUT2D eigenvalue weighted by atomic mass is 10.2. The highest BCUT2D eigenvalue weighted by Gasteiger charge is 2.19. The molecule has 1 N–H and O–H groups in total. The first-order chi connectivity index (χ1) is 11.1. The minimum absolute atomic E-state index is 0.519. The molecule has 1 fully saturated rings. The van der Waals surface area contributed by atoms with Crippen molar-refractivity contribution in [2.45, 2.75) is 19.5 Å². The van der Waals surface area contributed by atoms with E-state index in [9.17, 15) is 0 Å². The molecule has 0 aromatic heterocycles. The summed E-state index contributed by atoms with van der Waals surface area (Å²) in [6.45, 7) is 8.55. The average Bonchev–Trinajstić information content (AvgIpc) is 2.56. The first-order valence-corrected chi connectivity index (χ1v) is 8.48. The SMILES string of the molecule is CC(CNC(=NCc1ccccc1)N(C)C)N1CCN(C)CC1. The Labute approximate surface area is 141 Å². The van der Waals surface area contributed by atoms with E-state index in [-0.39, 0.29) is 0 Å². The summed E-state index contributed by atoms with van der Waals surface area (Å²) >= 11 is 0. The molecular weight excluding hydrogens is 286 g/mol. The lowest BCUT2D eigenvalue weighted by Crippen LogP contribution is -2.52. The summed E-state index contributed by atoms with van der Waals surface area (Å²) in [5.74, 6) is 0.954. The minimum Gasteiger partial charge on any atom is -0.355 e. The zero-order valence-electron chi connectivity index (χ0n) is 15.0. The van der Waals surface area contributed by atoms with E-state index in [2.05, 4.69) is 58.3 Å². The summed E-state index contributed by atoms with van der Waals surface area (Å²) in [6, 6.07) is 10.9. The molecule has 1 aromatic rings. The quantitative estimate of drug-likeness (QED) is 0.656. The van der Waals surface area contributed by atoms with Gasteiger partial charge in [-0.15, -0.1) is 0 Å². The summed E-state index contributed by atoms with van der Waals surface area (Å²) < 4.78 is 0. The highest BCUT2D eigenvalue weighted by atomic mass is 15.3. The van der Waals surface area contributed by atoms with Crippen LogP contribution in [0.3, 0.4) is 0 Å². The number of aliphatic imine (C=N–C) groups is 1. The maximum atomic E-state index is 4.73. The van der Waals surface area contributed by atoms with Crippen molar-refractivity contribution in [1.82, 2.24) is 20.0 Å². The van der Waals surface area contributed by atoms with Gasteiger partial charge in [-0.1, -0.05) is 30.3 Å². The summed E-state index contributed by atoms with van der Waals surface area (Å²) in [5.41, 5.74) is 1.24. The number of nitrogens with zero attached hydrogens (tertiary/aromatic N) is 4. The summed E-state index contributed by atoms with van der Waals surface area (Å²) in [7, 11) is 6.27. The molecule has 0 aliphatic carbocycles. The highest BCUT2D eigenvalue weighted by molar-refractivity contribution is 5.79. The molecule has 23 heavy (non-hydrogen) atoms. The van der Waals surface area contributed by atoms with Crippen molar-refractivity contribution in [2.75, 3.05) is 53.9 Å². The molecule has 1 atom stereocenters. The van der Waals surface area contributed by atoms with Crippen LogP contribution < -0.4 is 5.32 Å². The number of likely N-dealkylation sites (N-methyl/N-ethyl adjacent to an activating group) is 1. The normalized spacial score (nSPS) is 18.7. The first-order valence-electron chi connectivity index (χ1n) is 8.48. The van der Waals surface area contributed by atoms with Crippen molar-refractivity contribution in [1.29, 1.82) is 0 Å². The van der Waals surface area contributed by atoms with Crippen molar-refractivity contribution in [3.8, 4) is 0 Å². The van der Waals surface area contributed by atoms with Gasteiger partial charge in [-0.2, -0.15) is 0 Å². The van der Waals surface area contributed by atoms with Gasteiger partial charge in [0.25, 0.3) is 0 Å². The average molecular weight is 317 g/mol. The number of benzene rings is 1. The smallest absolute Gasteiger partial charge is 0.193 e. The lowest BCUT2D eigenvalue weighted by molar-refractivity contribution is 0.119. The predicted octanol–water partition coefficient (Wildman–Crippen LogP) is 1.33. The molecule has 0 bridgehead atoms. The number of hydrogen-bond acceptors (Lipinski definition) is 3. The molecule has 1 aromatic carbocycles. The largest absolute Gasteiger partial charge is 0.355 e. The molecule has 1 aliphatic heterocycles. The second-order valence-corrected chi connectivity index (χ2v) is 6.59. The van der Waals surface area contributed by atoms with Crippen LogP contribution in [0.25, 0.3) is 0 Å². The van der Waals surface area contributed by atoms with Crippen LogP contribution >= 0.6 is 0 Å². The van der Waals surface area contributed by atoms with Crippen LogP contribution in [0.4, 0.5) is 0 Å². The van der Waals surface area contributed by atoms with Crippen LogP contribution in [0.1, 0.15) is 12.5 Å². The summed E-state index contributed by atoms with van der Waals surface area (Å²) in [6.07, 6.45) is 0. The van der Waals surface area contributed by atoms with E-state index in [1.807, 2.05) is 20.2 Å². The van der Waals surface area contributed by atoms with Gasteiger partial charge in [-0.3, -0.25) is 4.90 Å². The second-order valence-electron chi connectivity index (χ2n) is 6.59. The highest BCUT2D eigenvalue weighted by Crippen LogP contribution is 2.05. The van der Waals surface area contributed by atoms with E-state index in [0.717, 1.165) is 38.7 Å². The molecule has 1 aliphatic rings. The Morgan fingerprint density at radius 3 is 2.43 bits per heavy atom. The third-order valence-electron chi connectivity index (χ3n) is 4.39. The second kappa shape index (κ2) is 8.89. The van der Waals surface area contributed by atoms with Crippen molar-refractivity contribution in [2.24, 2.45) is 4.99 Å². The molecule has 1 unspecified atom stereocenters. The van der Waals surface area contributed by atoms with E-state index in [4.69, 9.17) is 4.99 Å². The van der Waals surface area contributed by atoms with Crippen molar-refractivity contribution >= 4 is 5.96 Å². The molecule has 1 saturated heterocycles. The predicted molar refractivity (Wildman–Crippen MR) is 97.8 cm³/mol. The zero-order chi connectivity index (χ0) is 16.7. The van der Waals surface area contributed by atoms with Crippen LogP contribution in [0, 0.1) is 0 Å². The van der Waals surface area contributed by atoms with Crippen LogP contribution in [-0.2, 0) is 6.54 Å². The maximum absolute atomic E-state index is 4.73. The van der Waals surface area contributed by atoms with Gasteiger partial charge in [0.2, 0.25) is 0 Å². The van der Waals surface area contributed by atoms with Crippen molar-refractivity contribution in [3.05, 3.63) is 35.9 Å². The van der Waals surface area contributed by atoms with Crippen LogP contribution in [-0.4, -0.2) is 80.6 Å². The summed E-state index contributed by atoms with van der Waals surface area (Å²) in [4.78, 5) is 11.7. The summed E-state index contributed by atoms with van der Waals surface area (Å²) in [5, 5.41) is 3.52. The van der Waals surface area contributed by atoms with Crippen LogP contribution in [0.2, 0.25) is 0 Å². The fourth-order valence-corrected chi connectivity index (χ4v) is 2.74. The van der Waals surface area contributed by atoms with Crippen molar-refractivity contribution in [3.63, 3.8) is 0 Å². The Morgan fingerprint density at radius 2 is 1.83 bits per heavy atom. The van der Waals surface area contributed by atoms with E-state index in [0.29, 0.717) is 12.6 Å². The number of nitrogens with one attached hydrogen (secondary N) is 1. The van der Waals surface area contributed by atoms with E-state index in [1.165, 1.54) is 5.56 Å². The van der Waals surface area contributed by atoms with Gasteiger partial charge in [0, 0.05) is 52.9 Å². The number of piperazine rings is 1. The van der Waals surface area contributed by atoms with E-state index < -0.39 is 0 Å². The number of guanidine groups is 1. The van der Waals surface area contributed by atoms with E-state index in [1.54, 1.807) is 0 Å². The third kappa shape index (κ3) is 5.84. The van der Waals surface area contributed by atoms with Gasteiger partial charge >= 0.3 is 0 Å². The third-order valence-corrected chi connectivity index (χ3v) is 4.39. The van der Waals surface area contributed by atoms with Gasteiger partial charge in [-0.25, -0.2) is 4.99 Å². The number of rotatable bonds is 5. The monoisotopic (exact) mass is 317 g/mol. The molecule has 5 nitrogen and oxygen atoms in total. The first kappa shape index (κ1) is 17.8. The van der Waals surface area contributed by atoms with E-state index >= 15 is 0 Å². The van der Waals surface area contributed by atoms with Gasteiger partial charge in [0.1, 0.15) is 0 Å². The minimum atomic E-state index is 0.519. The molecule has 128 valence electrons. The van der Waals surface area contributed by atoms with Crippen molar-refractivity contribution < 1.29 is 0 Å². The van der Waals surface area contributed by atoms with Crippen LogP contribution in [0.5, 0.6) is 0 Å². The lowest BCUT2D eigenvalue weighted by Gasteiger charge is -2.36. The fraction of sp³-hybridized carbons (Fsp3) is 0.611. The van der Waals surface area contributed by atoms with Gasteiger partial charge in [0.05, 0.1) is 6.54 Å². The molecule has 5 heteroatoms. The van der Waals surface area contributed by atoms with Gasteiger partial charge in [-0.05, 0) is 19.5 Å².